The van der Waals surface area contributed by atoms with Crippen LogP contribution >= 0.6 is 15.9 Å². The van der Waals surface area contributed by atoms with Crippen LogP contribution in [0.5, 0.6) is 0 Å². The summed E-state index contributed by atoms with van der Waals surface area (Å²) in [5.74, 6) is 0. The summed E-state index contributed by atoms with van der Waals surface area (Å²) in [4.78, 5) is 0. The maximum Gasteiger partial charge on any atom is 0.0391 e. The van der Waals surface area contributed by atoms with Gasteiger partial charge < -0.3 is 5.32 Å². The third kappa shape index (κ3) is 1.68. The van der Waals surface area contributed by atoms with Gasteiger partial charge in [0.2, 0.25) is 0 Å². The van der Waals surface area contributed by atoms with E-state index in [0.717, 1.165) is 4.47 Å². The summed E-state index contributed by atoms with van der Waals surface area (Å²) in [5, 5.41) is 3.53. The molecule has 1 aromatic carbocycles. The molecule has 0 saturated carbocycles. The van der Waals surface area contributed by atoms with Crippen LogP contribution in [0.25, 0.3) is 0 Å². The molecule has 1 N–H and O–H groups in total. The normalized spacial score (nSPS) is 23.9. The van der Waals surface area contributed by atoms with Crippen molar-refractivity contribution in [3.63, 3.8) is 0 Å². The number of rotatable bonds is 0. The molecule has 1 atom stereocenters. The summed E-state index contributed by atoms with van der Waals surface area (Å²) in [6.07, 6.45) is 1.20. The first-order valence-electron chi connectivity index (χ1n) is 5.05. The van der Waals surface area contributed by atoms with Gasteiger partial charge in [-0.3, -0.25) is 0 Å². The topological polar surface area (TPSA) is 12.0 Å². The quantitative estimate of drug-likeness (QED) is 0.739. The number of hydrogen-bond acceptors (Lipinski definition) is 1. The Kier molecular flexibility index (Phi) is 2.34. The van der Waals surface area contributed by atoms with Crippen LogP contribution in [0.2, 0.25) is 0 Å². The molecule has 14 heavy (non-hydrogen) atoms. The molecule has 1 heterocycles. The molecule has 0 radical (unpaired) electrons. The minimum absolute atomic E-state index is 0.292. The first kappa shape index (κ1) is 10.0. The monoisotopic (exact) mass is 253 g/mol. The van der Waals surface area contributed by atoms with Crippen LogP contribution in [0, 0.1) is 0 Å². The maximum absolute atomic E-state index is 3.53. The predicted molar refractivity (Wildman–Crippen MR) is 64.9 cm³/mol. The average Bonchev–Trinajstić information content (AvgIpc) is 2.00. The fourth-order valence-corrected chi connectivity index (χ4v) is 2.78. The summed E-state index contributed by atoms with van der Waals surface area (Å²) >= 11 is 3.51. The van der Waals surface area contributed by atoms with Crippen molar-refractivity contribution in [1.29, 1.82) is 0 Å². The molecule has 76 valence electrons. The van der Waals surface area contributed by atoms with Crippen LogP contribution in [-0.2, 0) is 5.41 Å². The summed E-state index contributed by atoms with van der Waals surface area (Å²) in [6.45, 7) is 6.87. The minimum atomic E-state index is 0.292. The molecule has 1 aliphatic rings. The lowest BCUT2D eigenvalue weighted by atomic mass is 9.76. The Bertz CT molecular complexity index is 357. The molecule has 0 aromatic heterocycles. The number of anilines is 1. The van der Waals surface area contributed by atoms with Crippen molar-refractivity contribution in [2.24, 2.45) is 0 Å². The van der Waals surface area contributed by atoms with E-state index in [1.54, 1.807) is 0 Å². The van der Waals surface area contributed by atoms with E-state index < -0.39 is 0 Å². The van der Waals surface area contributed by atoms with Crippen LogP contribution < -0.4 is 5.32 Å². The third-order valence-electron chi connectivity index (χ3n) is 2.93. The first-order chi connectivity index (χ1) is 6.49. The third-order valence-corrected chi connectivity index (χ3v) is 3.42. The molecule has 1 aliphatic heterocycles. The summed E-state index contributed by atoms with van der Waals surface area (Å²) in [6, 6.07) is 7.08. The molecule has 1 unspecified atom stereocenters. The Morgan fingerprint density at radius 2 is 2.14 bits per heavy atom. The molecule has 0 saturated heterocycles. The Morgan fingerprint density at radius 1 is 1.43 bits per heavy atom. The zero-order valence-corrected chi connectivity index (χ0v) is 10.5. The predicted octanol–water partition coefficient (Wildman–Crippen LogP) is 3.93. The van der Waals surface area contributed by atoms with Gasteiger partial charge in [0.05, 0.1) is 0 Å². The molecule has 1 nitrogen and oxygen atoms in total. The molecular formula is C12H16BrN. The molecule has 0 spiro atoms. The Balaban J connectivity index is 2.52. The van der Waals surface area contributed by atoms with Gasteiger partial charge in [-0.05, 0) is 36.5 Å². The zero-order valence-electron chi connectivity index (χ0n) is 8.89. The van der Waals surface area contributed by atoms with E-state index in [1.807, 2.05) is 0 Å². The van der Waals surface area contributed by atoms with Crippen molar-refractivity contribution in [1.82, 2.24) is 0 Å². The van der Waals surface area contributed by atoms with Crippen LogP contribution in [0.4, 0.5) is 5.69 Å². The van der Waals surface area contributed by atoms with Crippen LogP contribution in [0.15, 0.2) is 22.7 Å². The van der Waals surface area contributed by atoms with Crippen molar-refractivity contribution >= 4 is 21.6 Å². The number of benzene rings is 1. The molecule has 0 fully saturated rings. The maximum atomic E-state index is 3.53. The number of halogens is 1. The van der Waals surface area contributed by atoms with E-state index in [2.05, 4.69) is 60.2 Å². The van der Waals surface area contributed by atoms with Crippen molar-refractivity contribution in [3.8, 4) is 0 Å². The average molecular weight is 254 g/mol. The number of hydrogen-bond donors (Lipinski definition) is 1. The van der Waals surface area contributed by atoms with Crippen LogP contribution in [0.1, 0.15) is 32.8 Å². The van der Waals surface area contributed by atoms with Crippen molar-refractivity contribution in [3.05, 3.63) is 28.2 Å². The van der Waals surface area contributed by atoms with Crippen molar-refractivity contribution in [2.45, 2.75) is 38.6 Å². The highest BCUT2D eigenvalue weighted by molar-refractivity contribution is 9.10. The first-order valence-corrected chi connectivity index (χ1v) is 5.85. The second-order valence-corrected chi connectivity index (χ2v) is 5.74. The van der Waals surface area contributed by atoms with Gasteiger partial charge in [-0.25, -0.2) is 0 Å². The lowest BCUT2D eigenvalue weighted by Gasteiger charge is -2.37. The number of nitrogens with one attached hydrogen (secondary N) is 1. The standard InChI is InChI=1S/C12H16BrN/c1-8-7-12(2,3)10-5-4-9(13)6-11(10)14-8/h4-6,8,14H,7H2,1-3H3. The van der Waals surface area contributed by atoms with Crippen LogP contribution in [0.3, 0.4) is 0 Å². The van der Waals surface area contributed by atoms with Gasteiger partial charge in [0.15, 0.2) is 0 Å². The molecule has 2 rings (SSSR count). The Hall–Kier alpha value is -0.500. The van der Waals surface area contributed by atoms with E-state index in [1.165, 1.54) is 17.7 Å². The van der Waals surface area contributed by atoms with E-state index >= 15 is 0 Å². The summed E-state index contributed by atoms with van der Waals surface area (Å²) in [7, 11) is 0. The zero-order chi connectivity index (χ0) is 10.3. The molecule has 2 heteroatoms. The second kappa shape index (κ2) is 3.27. The fourth-order valence-electron chi connectivity index (χ4n) is 2.42. The van der Waals surface area contributed by atoms with Gasteiger partial charge in [0.25, 0.3) is 0 Å². The lowest BCUT2D eigenvalue weighted by Crippen LogP contribution is -2.34. The van der Waals surface area contributed by atoms with E-state index in [9.17, 15) is 0 Å². The van der Waals surface area contributed by atoms with Crippen molar-refractivity contribution in [2.75, 3.05) is 5.32 Å². The largest absolute Gasteiger partial charge is 0.382 e. The van der Waals surface area contributed by atoms with E-state index in [0.29, 0.717) is 11.5 Å². The Morgan fingerprint density at radius 3 is 2.86 bits per heavy atom. The fraction of sp³-hybridized carbons (Fsp3) is 0.500. The summed E-state index contributed by atoms with van der Waals surface area (Å²) < 4.78 is 1.15. The van der Waals surface area contributed by atoms with Gasteiger partial charge in [0, 0.05) is 16.2 Å². The Labute approximate surface area is 94.0 Å². The molecular weight excluding hydrogens is 238 g/mol. The highest BCUT2D eigenvalue weighted by atomic mass is 79.9. The molecule has 1 aromatic rings. The molecule has 0 bridgehead atoms. The molecule has 0 amide bonds. The van der Waals surface area contributed by atoms with Gasteiger partial charge in [-0.1, -0.05) is 35.8 Å². The smallest absolute Gasteiger partial charge is 0.0391 e. The highest BCUT2D eigenvalue weighted by Crippen LogP contribution is 2.39. The van der Waals surface area contributed by atoms with E-state index in [-0.39, 0.29) is 0 Å². The van der Waals surface area contributed by atoms with E-state index in [4.69, 9.17) is 0 Å². The second-order valence-electron chi connectivity index (χ2n) is 4.82. The SMILES string of the molecule is CC1CC(C)(C)c2ccc(Br)cc2N1. The minimum Gasteiger partial charge on any atom is -0.382 e. The number of fused-ring (bicyclic) bond motifs is 1. The van der Waals surface area contributed by atoms with Crippen molar-refractivity contribution < 1.29 is 0 Å². The van der Waals surface area contributed by atoms with Crippen LogP contribution in [-0.4, -0.2) is 6.04 Å². The van der Waals surface area contributed by atoms with Gasteiger partial charge in [0.1, 0.15) is 0 Å². The lowest BCUT2D eigenvalue weighted by molar-refractivity contribution is 0.434. The highest BCUT2D eigenvalue weighted by Gasteiger charge is 2.30. The summed E-state index contributed by atoms with van der Waals surface area (Å²) in [5.41, 5.74) is 3.00. The molecule has 0 aliphatic carbocycles. The van der Waals surface area contributed by atoms with Gasteiger partial charge in [-0.2, -0.15) is 0 Å². The van der Waals surface area contributed by atoms with Gasteiger partial charge in [-0.15, -0.1) is 0 Å². The van der Waals surface area contributed by atoms with Gasteiger partial charge >= 0.3 is 0 Å².